The molecule has 0 aromatic carbocycles. The Morgan fingerprint density at radius 3 is 2.22 bits per heavy atom. The Labute approximate surface area is 56.7 Å². The van der Waals surface area contributed by atoms with E-state index < -0.39 is 0 Å². The van der Waals surface area contributed by atoms with Crippen molar-refractivity contribution >= 4 is 8.05 Å². The fourth-order valence-electron chi connectivity index (χ4n) is 1.18. The Kier molecular flexibility index (Phi) is 2.55. The average molecular weight is 126 g/mol. The zero-order chi connectivity index (χ0) is 6.69. The van der Waals surface area contributed by atoms with Crippen LogP contribution in [0.1, 0.15) is 25.7 Å². The zero-order valence-electron chi connectivity index (χ0n) is 5.42. The SMILES string of the molecule is [B]OC1CCC(O)CC1. The lowest BCUT2D eigenvalue weighted by Crippen LogP contribution is -2.23. The molecule has 0 amide bonds. The summed E-state index contributed by atoms with van der Waals surface area (Å²) in [6.45, 7) is 0. The Bertz CT molecular complexity index is 79.1. The summed E-state index contributed by atoms with van der Waals surface area (Å²) in [5.41, 5.74) is 0. The number of aliphatic hydroxyl groups excluding tert-OH is 1. The summed E-state index contributed by atoms with van der Waals surface area (Å²) in [5, 5.41) is 9.03. The summed E-state index contributed by atoms with van der Waals surface area (Å²) in [5.74, 6) is 0. The van der Waals surface area contributed by atoms with Crippen molar-refractivity contribution in [3.8, 4) is 0 Å². The second-order valence-electron chi connectivity index (χ2n) is 2.57. The Morgan fingerprint density at radius 2 is 1.78 bits per heavy atom. The molecule has 0 aliphatic heterocycles. The molecule has 1 saturated carbocycles. The predicted molar refractivity (Wildman–Crippen MR) is 35.1 cm³/mol. The monoisotopic (exact) mass is 126 g/mol. The number of aliphatic hydroxyl groups is 1. The van der Waals surface area contributed by atoms with Crippen molar-refractivity contribution in [2.45, 2.75) is 37.9 Å². The van der Waals surface area contributed by atoms with E-state index in [0.29, 0.717) is 0 Å². The third-order valence-electron chi connectivity index (χ3n) is 1.84. The summed E-state index contributed by atoms with van der Waals surface area (Å²) in [7, 11) is 4.97. The Morgan fingerprint density at radius 1 is 1.22 bits per heavy atom. The predicted octanol–water partition coefficient (Wildman–Crippen LogP) is 0.390. The summed E-state index contributed by atoms with van der Waals surface area (Å²) in [6, 6.07) is 0. The van der Waals surface area contributed by atoms with Gasteiger partial charge in [0.1, 0.15) is 0 Å². The molecule has 0 saturated heterocycles. The number of rotatable bonds is 1. The van der Waals surface area contributed by atoms with Gasteiger partial charge in [-0.05, 0) is 25.7 Å². The lowest BCUT2D eigenvalue weighted by Gasteiger charge is -2.24. The first-order valence-electron chi connectivity index (χ1n) is 3.36. The third-order valence-corrected chi connectivity index (χ3v) is 1.84. The molecule has 0 aromatic heterocycles. The van der Waals surface area contributed by atoms with Gasteiger partial charge in [-0.2, -0.15) is 0 Å². The van der Waals surface area contributed by atoms with Crippen molar-refractivity contribution in [2.75, 3.05) is 0 Å². The molecule has 1 N–H and O–H groups in total. The maximum absolute atomic E-state index is 9.03. The van der Waals surface area contributed by atoms with Crippen molar-refractivity contribution < 1.29 is 9.76 Å². The molecule has 0 atom stereocenters. The van der Waals surface area contributed by atoms with Gasteiger partial charge >= 0.3 is 0 Å². The first-order valence-corrected chi connectivity index (χ1v) is 3.36. The molecule has 0 spiro atoms. The standard InChI is InChI=1S/C6H11BO2/c7-9-6-3-1-5(8)2-4-6/h5-6,8H,1-4H2. The zero-order valence-corrected chi connectivity index (χ0v) is 5.42. The maximum atomic E-state index is 9.03. The van der Waals surface area contributed by atoms with Gasteiger partial charge in [-0.15, -0.1) is 0 Å². The molecule has 0 unspecified atom stereocenters. The van der Waals surface area contributed by atoms with E-state index in [-0.39, 0.29) is 12.2 Å². The number of hydrogen-bond donors (Lipinski definition) is 1. The molecule has 1 aliphatic carbocycles. The summed E-state index contributed by atoms with van der Waals surface area (Å²) in [4.78, 5) is 0. The van der Waals surface area contributed by atoms with E-state index in [0.717, 1.165) is 25.7 Å². The molecular weight excluding hydrogens is 115 g/mol. The highest BCUT2D eigenvalue weighted by Gasteiger charge is 2.17. The minimum atomic E-state index is -0.114. The largest absolute Gasteiger partial charge is 0.445 e. The van der Waals surface area contributed by atoms with Gasteiger partial charge in [0.05, 0.1) is 6.10 Å². The molecule has 1 fully saturated rings. The van der Waals surface area contributed by atoms with Crippen LogP contribution in [0.3, 0.4) is 0 Å². The first kappa shape index (κ1) is 7.10. The second kappa shape index (κ2) is 3.23. The van der Waals surface area contributed by atoms with Crippen molar-refractivity contribution in [2.24, 2.45) is 0 Å². The highest BCUT2D eigenvalue weighted by atomic mass is 16.4. The van der Waals surface area contributed by atoms with E-state index >= 15 is 0 Å². The van der Waals surface area contributed by atoms with Gasteiger partial charge in [-0.25, -0.2) is 0 Å². The smallest absolute Gasteiger partial charge is 0.283 e. The van der Waals surface area contributed by atoms with Crippen LogP contribution in [0.4, 0.5) is 0 Å². The quantitative estimate of drug-likeness (QED) is 0.515. The number of hydrogen-bond acceptors (Lipinski definition) is 2. The van der Waals surface area contributed by atoms with E-state index in [2.05, 4.69) is 4.65 Å². The van der Waals surface area contributed by atoms with Crippen LogP contribution in [0.2, 0.25) is 0 Å². The van der Waals surface area contributed by atoms with E-state index in [1.807, 2.05) is 0 Å². The fraction of sp³-hybridized carbons (Fsp3) is 1.00. The normalized spacial score (nSPS) is 36.6. The summed E-state index contributed by atoms with van der Waals surface area (Å²) >= 11 is 0. The maximum Gasteiger partial charge on any atom is 0.283 e. The van der Waals surface area contributed by atoms with Gasteiger partial charge in [0.2, 0.25) is 0 Å². The van der Waals surface area contributed by atoms with E-state index in [4.69, 9.17) is 13.2 Å². The lowest BCUT2D eigenvalue weighted by atomic mass is 9.95. The molecule has 1 rings (SSSR count). The Hall–Kier alpha value is -0.0151. The van der Waals surface area contributed by atoms with Crippen LogP contribution in [0.5, 0.6) is 0 Å². The van der Waals surface area contributed by atoms with Crippen LogP contribution in [-0.2, 0) is 4.65 Å². The van der Waals surface area contributed by atoms with Gasteiger partial charge in [-0.1, -0.05) is 0 Å². The van der Waals surface area contributed by atoms with E-state index in [1.165, 1.54) is 0 Å². The molecule has 3 heteroatoms. The van der Waals surface area contributed by atoms with Crippen LogP contribution in [0.25, 0.3) is 0 Å². The second-order valence-corrected chi connectivity index (χ2v) is 2.57. The van der Waals surface area contributed by atoms with Crippen LogP contribution in [0, 0.1) is 0 Å². The Balaban J connectivity index is 2.18. The van der Waals surface area contributed by atoms with Gasteiger partial charge in [-0.3, -0.25) is 0 Å². The highest BCUT2D eigenvalue weighted by Crippen LogP contribution is 2.19. The summed E-state index contributed by atoms with van der Waals surface area (Å²) < 4.78 is 4.63. The minimum absolute atomic E-state index is 0.114. The molecule has 2 nitrogen and oxygen atoms in total. The molecule has 1 aliphatic rings. The van der Waals surface area contributed by atoms with Gasteiger partial charge < -0.3 is 9.76 Å². The molecule has 0 bridgehead atoms. The molecule has 0 heterocycles. The van der Waals surface area contributed by atoms with Crippen LogP contribution >= 0.6 is 0 Å². The molecular formula is C6H11BO2. The highest BCUT2D eigenvalue weighted by molar-refractivity contribution is 5.98. The van der Waals surface area contributed by atoms with E-state index in [1.54, 1.807) is 0 Å². The first-order chi connectivity index (χ1) is 4.33. The van der Waals surface area contributed by atoms with Crippen molar-refractivity contribution in [3.05, 3.63) is 0 Å². The molecule has 50 valence electrons. The topological polar surface area (TPSA) is 29.5 Å². The van der Waals surface area contributed by atoms with E-state index in [9.17, 15) is 0 Å². The minimum Gasteiger partial charge on any atom is -0.445 e. The van der Waals surface area contributed by atoms with Gasteiger partial charge in [0.25, 0.3) is 8.05 Å². The van der Waals surface area contributed by atoms with Crippen LogP contribution < -0.4 is 0 Å². The van der Waals surface area contributed by atoms with Crippen molar-refractivity contribution in [1.82, 2.24) is 0 Å². The van der Waals surface area contributed by atoms with Gasteiger partial charge in [0.15, 0.2) is 0 Å². The van der Waals surface area contributed by atoms with Crippen LogP contribution in [-0.4, -0.2) is 25.4 Å². The van der Waals surface area contributed by atoms with Crippen molar-refractivity contribution in [1.29, 1.82) is 0 Å². The average Bonchev–Trinajstić information content (AvgIpc) is 1.90. The lowest BCUT2D eigenvalue weighted by molar-refractivity contribution is 0.0710. The fourth-order valence-corrected chi connectivity index (χ4v) is 1.18. The molecule has 0 aromatic rings. The van der Waals surface area contributed by atoms with Gasteiger partial charge in [0, 0.05) is 6.10 Å². The van der Waals surface area contributed by atoms with Crippen LogP contribution in [0.15, 0.2) is 0 Å². The molecule has 9 heavy (non-hydrogen) atoms. The molecule has 2 radical (unpaired) electrons. The van der Waals surface area contributed by atoms with Crippen molar-refractivity contribution in [3.63, 3.8) is 0 Å². The third kappa shape index (κ3) is 1.99. The summed E-state index contributed by atoms with van der Waals surface area (Å²) in [6.07, 6.45) is 3.55.